The van der Waals surface area contributed by atoms with E-state index in [1.807, 2.05) is 28.8 Å². The lowest BCUT2D eigenvalue weighted by molar-refractivity contribution is 0.666. The van der Waals surface area contributed by atoms with Gasteiger partial charge in [0.25, 0.3) is 0 Å². The molecule has 3 rings (SSSR count). The Hall–Kier alpha value is -2.76. The van der Waals surface area contributed by atoms with Crippen molar-refractivity contribution in [2.24, 2.45) is 0 Å². The van der Waals surface area contributed by atoms with Gasteiger partial charge in [0.1, 0.15) is 5.25 Å². The summed E-state index contributed by atoms with van der Waals surface area (Å²) in [5.74, 6) is 0. The van der Waals surface area contributed by atoms with Crippen molar-refractivity contribution in [1.29, 1.82) is 10.5 Å². The smallest absolute Gasteiger partial charge is 0.170 e. The Morgan fingerprint density at radius 2 is 1.88 bits per heavy atom. The second-order valence-corrected chi connectivity index (χ2v) is 7.04. The molecule has 2 aromatic carbocycles. The summed E-state index contributed by atoms with van der Waals surface area (Å²) in [5, 5.41) is 19.1. The van der Waals surface area contributed by atoms with E-state index in [-0.39, 0.29) is 5.25 Å². The van der Waals surface area contributed by atoms with Crippen molar-refractivity contribution in [3.05, 3.63) is 59.7 Å². The van der Waals surface area contributed by atoms with Gasteiger partial charge in [-0.3, -0.25) is 0 Å². The number of aromatic nitrogens is 2. The topological polar surface area (TPSA) is 65.4 Å². The molecule has 0 aliphatic carbocycles. The first kappa shape index (κ1) is 17.1. The minimum absolute atomic E-state index is 0.222. The minimum Gasteiger partial charge on any atom is -0.318 e. The molecule has 0 fully saturated rings. The van der Waals surface area contributed by atoms with Gasteiger partial charge in [-0.15, -0.1) is 0 Å². The van der Waals surface area contributed by atoms with Gasteiger partial charge in [0, 0.05) is 6.54 Å². The Morgan fingerprint density at radius 3 is 2.60 bits per heavy atom. The van der Waals surface area contributed by atoms with E-state index >= 15 is 0 Å². The maximum atomic E-state index is 9.58. The third-order valence-electron chi connectivity index (χ3n) is 4.00. The molecule has 25 heavy (non-hydrogen) atoms. The highest BCUT2D eigenvalue weighted by atomic mass is 32.2. The highest BCUT2D eigenvalue weighted by molar-refractivity contribution is 8.00. The molecule has 1 unspecified atom stereocenters. The Kier molecular flexibility index (Phi) is 5.38. The van der Waals surface area contributed by atoms with Crippen molar-refractivity contribution in [2.75, 3.05) is 0 Å². The lowest BCUT2D eigenvalue weighted by atomic mass is 10.1. The lowest BCUT2D eigenvalue weighted by Gasteiger charge is -2.11. The highest BCUT2D eigenvalue weighted by Gasteiger charge is 2.17. The second-order valence-electron chi connectivity index (χ2n) is 5.87. The summed E-state index contributed by atoms with van der Waals surface area (Å²) in [5.41, 5.74) is 4.26. The fraction of sp³-hybridized carbons (Fsp3) is 0.250. The van der Waals surface area contributed by atoms with Crippen LogP contribution in [-0.2, 0) is 13.0 Å². The van der Waals surface area contributed by atoms with E-state index in [1.54, 1.807) is 0 Å². The first-order chi connectivity index (χ1) is 12.2. The van der Waals surface area contributed by atoms with Crippen molar-refractivity contribution in [3.8, 4) is 12.1 Å². The number of nitriles is 2. The number of fused-ring (bicyclic) bond motifs is 1. The molecule has 0 N–H and O–H groups in total. The summed E-state index contributed by atoms with van der Waals surface area (Å²) in [4.78, 5) is 4.67. The van der Waals surface area contributed by atoms with Gasteiger partial charge in [0.15, 0.2) is 5.16 Å². The Bertz CT molecular complexity index is 944. The molecule has 0 saturated heterocycles. The summed E-state index contributed by atoms with van der Waals surface area (Å²) < 4.78 is 2.04. The van der Waals surface area contributed by atoms with Crippen LogP contribution in [0.5, 0.6) is 0 Å². The van der Waals surface area contributed by atoms with Gasteiger partial charge >= 0.3 is 0 Å². The van der Waals surface area contributed by atoms with E-state index in [4.69, 9.17) is 5.26 Å². The molecular formula is C20H18N4S. The Labute approximate surface area is 151 Å². The number of imidazole rings is 1. The molecule has 1 atom stereocenters. The number of nitrogens with zero attached hydrogens (tertiary/aromatic N) is 4. The number of hydrogen-bond donors (Lipinski definition) is 0. The van der Waals surface area contributed by atoms with Crippen LogP contribution in [0.1, 0.15) is 17.5 Å². The average molecular weight is 346 g/mol. The van der Waals surface area contributed by atoms with E-state index < -0.39 is 0 Å². The van der Waals surface area contributed by atoms with E-state index in [0.29, 0.717) is 19.4 Å². The SMILES string of the molecule is Cc1ccc(CC(C#N)Sc2nc3ccccc3n2CCC#N)cc1. The van der Waals surface area contributed by atoms with Crippen molar-refractivity contribution in [2.45, 2.75) is 36.7 Å². The van der Waals surface area contributed by atoms with Gasteiger partial charge < -0.3 is 4.57 Å². The predicted molar refractivity (Wildman–Crippen MR) is 100 cm³/mol. The summed E-state index contributed by atoms with van der Waals surface area (Å²) in [6.45, 7) is 2.64. The first-order valence-electron chi connectivity index (χ1n) is 8.15. The zero-order valence-corrected chi connectivity index (χ0v) is 14.8. The summed E-state index contributed by atoms with van der Waals surface area (Å²) in [7, 11) is 0. The van der Waals surface area contributed by atoms with E-state index in [1.165, 1.54) is 17.3 Å². The molecule has 4 nitrogen and oxygen atoms in total. The van der Waals surface area contributed by atoms with Gasteiger partial charge in [0.05, 0.1) is 29.6 Å². The molecule has 1 heterocycles. The lowest BCUT2D eigenvalue weighted by Crippen LogP contribution is -2.07. The van der Waals surface area contributed by atoms with Gasteiger partial charge in [0.2, 0.25) is 0 Å². The van der Waals surface area contributed by atoms with Gasteiger partial charge in [-0.05, 0) is 31.0 Å². The van der Waals surface area contributed by atoms with Crippen LogP contribution >= 0.6 is 11.8 Å². The first-order valence-corrected chi connectivity index (χ1v) is 9.03. The number of hydrogen-bond acceptors (Lipinski definition) is 4. The second kappa shape index (κ2) is 7.88. The molecule has 0 amide bonds. The van der Waals surface area contributed by atoms with Crippen molar-refractivity contribution in [1.82, 2.24) is 9.55 Å². The van der Waals surface area contributed by atoms with Crippen LogP contribution < -0.4 is 0 Å². The Balaban J connectivity index is 1.86. The number of thioether (sulfide) groups is 1. The molecule has 1 aromatic heterocycles. The van der Waals surface area contributed by atoms with Crippen LogP contribution in [0.3, 0.4) is 0 Å². The summed E-state index contributed by atoms with van der Waals surface area (Å²) in [6.07, 6.45) is 1.09. The fourth-order valence-electron chi connectivity index (χ4n) is 2.70. The van der Waals surface area contributed by atoms with Crippen molar-refractivity contribution in [3.63, 3.8) is 0 Å². The predicted octanol–water partition coefficient (Wildman–Crippen LogP) is 4.49. The quantitative estimate of drug-likeness (QED) is 0.617. The van der Waals surface area contributed by atoms with Gasteiger partial charge in [-0.1, -0.05) is 53.7 Å². The Morgan fingerprint density at radius 1 is 1.12 bits per heavy atom. The average Bonchev–Trinajstić information content (AvgIpc) is 2.98. The summed E-state index contributed by atoms with van der Waals surface area (Å²) in [6, 6.07) is 20.7. The zero-order valence-electron chi connectivity index (χ0n) is 14.0. The minimum atomic E-state index is -0.222. The van der Waals surface area contributed by atoms with E-state index in [9.17, 15) is 5.26 Å². The number of rotatable bonds is 6. The molecule has 124 valence electrons. The van der Waals surface area contributed by atoms with Crippen molar-refractivity contribution >= 4 is 22.8 Å². The van der Waals surface area contributed by atoms with E-state index in [2.05, 4.69) is 48.3 Å². The van der Waals surface area contributed by atoms with Crippen LogP contribution in [0.25, 0.3) is 11.0 Å². The maximum Gasteiger partial charge on any atom is 0.170 e. The molecule has 3 aromatic rings. The number of benzene rings is 2. The normalized spacial score (nSPS) is 11.8. The van der Waals surface area contributed by atoms with Crippen LogP contribution in [0.2, 0.25) is 0 Å². The molecule has 5 heteroatoms. The van der Waals surface area contributed by atoms with Crippen LogP contribution in [0, 0.1) is 29.6 Å². The van der Waals surface area contributed by atoms with Crippen molar-refractivity contribution < 1.29 is 0 Å². The van der Waals surface area contributed by atoms with Crippen LogP contribution in [0.15, 0.2) is 53.7 Å². The van der Waals surface area contributed by atoms with E-state index in [0.717, 1.165) is 21.8 Å². The molecule has 0 aliphatic rings. The third-order valence-corrected chi connectivity index (χ3v) is 5.08. The standard InChI is InChI=1S/C20H18N4S/c1-15-7-9-16(10-8-15)13-17(14-22)25-20-23-18-5-2-3-6-19(18)24(20)12-4-11-21/h2-3,5-10,17H,4,12-13H2,1H3. The van der Waals surface area contributed by atoms with Crippen LogP contribution in [0.4, 0.5) is 0 Å². The summed E-state index contributed by atoms with van der Waals surface area (Å²) >= 11 is 1.47. The highest BCUT2D eigenvalue weighted by Crippen LogP contribution is 2.29. The number of para-hydroxylation sites is 2. The van der Waals surface area contributed by atoms with Gasteiger partial charge in [-0.2, -0.15) is 10.5 Å². The maximum absolute atomic E-state index is 9.58. The molecule has 0 aliphatic heterocycles. The molecule has 0 bridgehead atoms. The molecule has 0 spiro atoms. The zero-order chi connectivity index (χ0) is 17.6. The third kappa shape index (κ3) is 4.02. The fourth-order valence-corrected chi connectivity index (χ4v) is 3.75. The molecule has 0 radical (unpaired) electrons. The molecular weight excluding hydrogens is 328 g/mol. The van der Waals surface area contributed by atoms with Gasteiger partial charge in [-0.25, -0.2) is 4.98 Å². The molecule has 0 saturated carbocycles. The largest absolute Gasteiger partial charge is 0.318 e. The van der Waals surface area contributed by atoms with Crippen LogP contribution in [-0.4, -0.2) is 14.8 Å². The number of aryl methyl sites for hydroxylation is 2. The monoisotopic (exact) mass is 346 g/mol.